The van der Waals surface area contributed by atoms with E-state index in [4.69, 9.17) is 0 Å². The van der Waals surface area contributed by atoms with Gasteiger partial charge in [0.05, 0.1) is 17.7 Å². The van der Waals surface area contributed by atoms with Crippen LogP contribution in [0.5, 0.6) is 0 Å². The number of benzene rings is 2. The van der Waals surface area contributed by atoms with E-state index in [-0.39, 0.29) is 18.9 Å². The van der Waals surface area contributed by atoms with E-state index < -0.39 is 17.6 Å². The molecule has 8 heteroatoms. The Morgan fingerprint density at radius 1 is 1.07 bits per heavy atom. The summed E-state index contributed by atoms with van der Waals surface area (Å²) in [4.78, 5) is 16.3. The van der Waals surface area contributed by atoms with Crippen LogP contribution < -0.4 is 5.32 Å². The quantitative estimate of drug-likeness (QED) is 0.630. The maximum atomic E-state index is 13.5. The molecule has 0 aliphatic rings. The highest BCUT2D eigenvalue weighted by Gasteiger charge is 2.30. The summed E-state index contributed by atoms with van der Waals surface area (Å²) in [7, 11) is 0. The third kappa shape index (κ3) is 4.91. The molecule has 1 heterocycles. The standard InChI is InChI=1S/C19H14F4N2OS/c20-16-4-2-1-3-13(16)10-24-17(26)9-15-11-27-18(25-15)12-5-7-14(8-6-12)19(21,22)23/h1-8,11H,9-10H2,(H,24,26). The van der Waals surface area contributed by atoms with Crippen LogP contribution in [0.4, 0.5) is 17.6 Å². The fraction of sp³-hybridized carbons (Fsp3) is 0.158. The van der Waals surface area contributed by atoms with E-state index in [2.05, 4.69) is 10.3 Å². The molecule has 3 rings (SSSR count). The smallest absolute Gasteiger partial charge is 0.352 e. The molecule has 0 unspecified atom stereocenters. The highest BCUT2D eigenvalue weighted by atomic mass is 32.1. The van der Waals surface area contributed by atoms with Gasteiger partial charge in [0.25, 0.3) is 0 Å². The van der Waals surface area contributed by atoms with Gasteiger partial charge in [0.15, 0.2) is 0 Å². The van der Waals surface area contributed by atoms with E-state index in [1.54, 1.807) is 23.6 Å². The molecule has 0 bridgehead atoms. The molecule has 0 fully saturated rings. The molecule has 0 aliphatic heterocycles. The molecule has 0 atom stereocenters. The number of amides is 1. The van der Waals surface area contributed by atoms with Crippen molar-refractivity contribution in [1.29, 1.82) is 0 Å². The van der Waals surface area contributed by atoms with Gasteiger partial charge in [0, 0.05) is 23.1 Å². The zero-order chi connectivity index (χ0) is 19.4. The SMILES string of the molecule is O=C(Cc1csc(-c2ccc(C(F)(F)F)cc2)n1)NCc1ccccc1F. The van der Waals surface area contributed by atoms with Gasteiger partial charge in [-0.2, -0.15) is 13.2 Å². The number of nitrogens with zero attached hydrogens (tertiary/aromatic N) is 1. The maximum absolute atomic E-state index is 13.5. The van der Waals surface area contributed by atoms with Crippen LogP contribution in [0, 0.1) is 5.82 Å². The minimum Gasteiger partial charge on any atom is -0.352 e. The van der Waals surface area contributed by atoms with Gasteiger partial charge in [0.2, 0.25) is 5.91 Å². The predicted octanol–water partition coefficient (Wildman–Crippen LogP) is 4.83. The Labute approximate surface area is 156 Å². The number of thiazole rings is 1. The average Bonchev–Trinajstić information content (AvgIpc) is 3.09. The molecule has 3 nitrogen and oxygen atoms in total. The number of alkyl halides is 3. The van der Waals surface area contributed by atoms with Crippen LogP contribution in [0.15, 0.2) is 53.9 Å². The summed E-state index contributed by atoms with van der Waals surface area (Å²) in [6.07, 6.45) is -4.38. The van der Waals surface area contributed by atoms with Crippen molar-refractivity contribution in [2.24, 2.45) is 0 Å². The number of nitrogens with one attached hydrogen (secondary N) is 1. The van der Waals surface area contributed by atoms with Crippen molar-refractivity contribution in [3.05, 3.63) is 76.5 Å². The fourth-order valence-corrected chi connectivity index (χ4v) is 3.21. The predicted molar refractivity (Wildman–Crippen MR) is 94.5 cm³/mol. The Bertz CT molecular complexity index is 935. The van der Waals surface area contributed by atoms with Crippen molar-refractivity contribution >= 4 is 17.2 Å². The van der Waals surface area contributed by atoms with E-state index in [9.17, 15) is 22.4 Å². The highest BCUT2D eigenvalue weighted by molar-refractivity contribution is 7.13. The lowest BCUT2D eigenvalue weighted by atomic mass is 10.1. The van der Waals surface area contributed by atoms with Crippen molar-refractivity contribution in [1.82, 2.24) is 10.3 Å². The zero-order valence-corrected chi connectivity index (χ0v) is 14.7. The van der Waals surface area contributed by atoms with Gasteiger partial charge in [0.1, 0.15) is 10.8 Å². The Morgan fingerprint density at radius 3 is 2.44 bits per heavy atom. The van der Waals surface area contributed by atoms with E-state index in [0.717, 1.165) is 12.1 Å². The average molecular weight is 394 g/mol. The van der Waals surface area contributed by atoms with Crippen LogP contribution in [0.3, 0.4) is 0 Å². The summed E-state index contributed by atoms with van der Waals surface area (Å²) < 4.78 is 51.4. The molecule has 0 spiro atoms. The first-order valence-electron chi connectivity index (χ1n) is 7.95. The third-order valence-corrected chi connectivity index (χ3v) is 4.73. The molecule has 0 aliphatic carbocycles. The van der Waals surface area contributed by atoms with Crippen LogP contribution in [0.1, 0.15) is 16.8 Å². The summed E-state index contributed by atoms with van der Waals surface area (Å²) in [6.45, 7) is 0.0708. The Kier molecular flexibility index (Phi) is 5.55. The molecule has 27 heavy (non-hydrogen) atoms. The van der Waals surface area contributed by atoms with Gasteiger partial charge < -0.3 is 5.32 Å². The lowest BCUT2D eigenvalue weighted by Gasteiger charge is -2.06. The third-order valence-electron chi connectivity index (χ3n) is 3.79. The van der Waals surface area contributed by atoms with Gasteiger partial charge in [-0.25, -0.2) is 9.37 Å². The molecule has 0 saturated heterocycles. The molecule has 2 aromatic carbocycles. The van der Waals surface area contributed by atoms with Crippen molar-refractivity contribution in [3.8, 4) is 10.6 Å². The minimum absolute atomic E-state index is 0.00554. The second-order valence-electron chi connectivity index (χ2n) is 5.76. The van der Waals surface area contributed by atoms with Gasteiger partial charge in [-0.15, -0.1) is 11.3 Å². The van der Waals surface area contributed by atoms with E-state index in [1.165, 1.54) is 29.5 Å². The van der Waals surface area contributed by atoms with Crippen molar-refractivity contribution in [2.45, 2.75) is 19.1 Å². The number of carbonyl (C=O) groups excluding carboxylic acids is 1. The van der Waals surface area contributed by atoms with Crippen molar-refractivity contribution < 1.29 is 22.4 Å². The molecule has 1 amide bonds. The lowest BCUT2D eigenvalue weighted by molar-refractivity contribution is -0.137. The minimum atomic E-state index is -4.39. The number of rotatable bonds is 5. The first-order chi connectivity index (χ1) is 12.8. The first-order valence-corrected chi connectivity index (χ1v) is 8.83. The Hall–Kier alpha value is -2.74. The second kappa shape index (κ2) is 7.87. The summed E-state index contributed by atoms with van der Waals surface area (Å²) in [5, 5.41) is 4.83. The Balaban J connectivity index is 1.60. The van der Waals surface area contributed by atoms with Crippen molar-refractivity contribution in [3.63, 3.8) is 0 Å². The topological polar surface area (TPSA) is 42.0 Å². The van der Waals surface area contributed by atoms with Crippen LogP contribution in [-0.2, 0) is 23.9 Å². The van der Waals surface area contributed by atoms with Crippen LogP contribution in [0.2, 0.25) is 0 Å². The molecule has 0 saturated carbocycles. The molecule has 140 valence electrons. The Morgan fingerprint density at radius 2 is 1.78 bits per heavy atom. The summed E-state index contributed by atoms with van der Waals surface area (Å²) in [6, 6.07) is 10.8. The number of aromatic nitrogens is 1. The van der Waals surface area contributed by atoms with Crippen LogP contribution >= 0.6 is 11.3 Å². The van der Waals surface area contributed by atoms with Crippen LogP contribution in [0.25, 0.3) is 10.6 Å². The molecular formula is C19H14F4N2OS. The molecule has 1 aromatic heterocycles. The molecule has 3 aromatic rings. The number of hydrogen-bond donors (Lipinski definition) is 1. The first kappa shape index (κ1) is 19.0. The maximum Gasteiger partial charge on any atom is 0.416 e. The zero-order valence-electron chi connectivity index (χ0n) is 13.9. The molecule has 0 radical (unpaired) electrons. The highest BCUT2D eigenvalue weighted by Crippen LogP contribution is 2.31. The summed E-state index contributed by atoms with van der Waals surface area (Å²) in [5.74, 6) is -0.710. The van der Waals surface area contributed by atoms with Gasteiger partial charge in [-0.05, 0) is 18.2 Å². The summed E-state index contributed by atoms with van der Waals surface area (Å²) >= 11 is 1.24. The number of halogens is 4. The second-order valence-corrected chi connectivity index (χ2v) is 6.62. The van der Waals surface area contributed by atoms with Gasteiger partial charge in [-0.1, -0.05) is 30.3 Å². The molecule has 1 N–H and O–H groups in total. The van der Waals surface area contributed by atoms with E-state index in [1.807, 2.05) is 0 Å². The van der Waals surface area contributed by atoms with Crippen molar-refractivity contribution in [2.75, 3.05) is 0 Å². The number of carbonyl (C=O) groups is 1. The summed E-state index contributed by atoms with van der Waals surface area (Å²) in [5.41, 5.74) is 0.706. The van der Waals surface area contributed by atoms with E-state index in [0.29, 0.717) is 21.8 Å². The fourth-order valence-electron chi connectivity index (χ4n) is 2.39. The lowest BCUT2D eigenvalue weighted by Crippen LogP contribution is -2.25. The monoisotopic (exact) mass is 394 g/mol. The normalized spacial score (nSPS) is 11.4. The van der Waals surface area contributed by atoms with Gasteiger partial charge in [-0.3, -0.25) is 4.79 Å². The van der Waals surface area contributed by atoms with Gasteiger partial charge >= 0.3 is 6.18 Å². The van der Waals surface area contributed by atoms with E-state index >= 15 is 0 Å². The molecular weight excluding hydrogens is 380 g/mol. The number of hydrogen-bond acceptors (Lipinski definition) is 3. The van der Waals surface area contributed by atoms with Crippen LogP contribution in [-0.4, -0.2) is 10.9 Å². The largest absolute Gasteiger partial charge is 0.416 e.